The Balaban J connectivity index is 1.80. The molecule has 0 amide bonds. The Kier molecular flexibility index (Phi) is 4.02. The zero-order valence-electron chi connectivity index (χ0n) is 10.6. The maximum atomic E-state index is 7.45. The first-order chi connectivity index (χ1) is 9.16. The van der Waals surface area contributed by atoms with Crippen molar-refractivity contribution in [2.75, 3.05) is 6.54 Å². The average Bonchev–Trinajstić information content (AvgIpc) is 2.77. The van der Waals surface area contributed by atoms with Gasteiger partial charge in [-0.3, -0.25) is 16.1 Å². The van der Waals surface area contributed by atoms with Crippen molar-refractivity contribution >= 4 is 22.8 Å². The Morgan fingerprint density at radius 2 is 2.05 bits per heavy atom. The fourth-order valence-electron chi connectivity index (χ4n) is 2.01. The smallest absolute Gasteiger partial charge is 0.195 e. The van der Waals surface area contributed by atoms with E-state index in [1.54, 1.807) is 0 Å². The first-order valence-corrected chi connectivity index (χ1v) is 6.15. The van der Waals surface area contributed by atoms with Gasteiger partial charge in [0, 0.05) is 23.6 Å². The van der Waals surface area contributed by atoms with Crippen molar-refractivity contribution in [1.82, 2.24) is 15.6 Å². The van der Waals surface area contributed by atoms with Gasteiger partial charge in [0.05, 0.1) is 0 Å². The molecule has 6 heteroatoms. The van der Waals surface area contributed by atoms with Crippen LogP contribution in [0.3, 0.4) is 0 Å². The molecule has 0 fully saturated rings. The zero-order chi connectivity index (χ0) is 13.7. The second-order valence-corrected chi connectivity index (χ2v) is 4.30. The van der Waals surface area contributed by atoms with Crippen LogP contribution in [0, 0.1) is 10.8 Å². The van der Waals surface area contributed by atoms with Gasteiger partial charge in [-0.05, 0) is 24.5 Å². The fraction of sp³-hybridized carbons (Fsp3) is 0.231. The molecule has 100 valence electrons. The Morgan fingerprint density at radius 1 is 1.26 bits per heavy atom. The molecule has 0 aliphatic carbocycles. The second-order valence-electron chi connectivity index (χ2n) is 4.30. The Bertz CT molecular complexity index is 586. The van der Waals surface area contributed by atoms with Crippen molar-refractivity contribution in [1.29, 1.82) is 10.8 Å². The molecule has 1 aromatic heterocycles. The maximum Gasteiger partial charge on any atom is 0.195 e. The molecule has 6 nitrogen and oxygen atoms in total. The van der Waals surface area contributed by atoms with E-state index in [0.29, 0.717) is 6.54 Å². The number of hydrogen-bond acceptors (Lipinski definition) is 2. The van der Waals surface area contributed by atoms with Crippen molar-refractivity contribution in [2.45, 2.75) is 12.8 Å². The fourth-order valence-corrected chi connectivity index (χ4v) is 2.01. The Labute approximate surface area is 111 Å². The van der Waals surface area contributed by atoms with E-state index in [9.17, 15) is 0 Å². The largest absolute Gasteiger partial charge is 0.370 e. The number of aromatic nitrogens is 1. The molecule has 2 rings (SSSR count). The van der Waals surface area contributed by atoms with Crippen molar-refractivity contribution < 1.29 is 0 Å². The standard InChI is InChI=1S/C13H18N6/c14-12(15)19-13(16)17-7-3-4-9-8-18-11-6-2-1-5-10(9)11/h1-2,5-6,8,18H,3-4,7H2,(H6,14,15,16,17,19). The molecule has 0 saturated heterocycles. The van der Waals surface area contributed by atoms with Crippen LogP contribution in [0.2, 0.25) is 0 Å². The van der Waals surface area contributed by atoms with Gasteiger partial charge < -0.3 is 16.0 Å². The highest BCUT2D eigenvalue weighted by atomic mass is 15.2. The third kappa shape index (κ3) is 3.48. The van der Waals surface area contributed by atoms with Gasteiger partial charge in [-0.2, -0.15) is 0 Å². The molecule has 0 aliphatic heterocycles. The molecular formula is C13H18N6. The number of rotatable bonds is 4. The molecule has 2 aromatic rings. The molecule has 0 spiro atoms. The summed E-state index contributed by atoms with van der Waals surface area (Å²) in [5.41, 5.74) is 7.55. The topological polar surface area (TPSA) is 114 Å². The highest BCUT2D eigenvalue weighted by molar-refractivity contribution is 5.94. The van der Waals surface area contributed by atoms with Gasteiger partial charge in [-0.25, -0.2) is 0 Å². The van der Waals surface area contributed by atoms with Crippen LogP contribution in [-0.4, -0.2) is 23.4 Å². The summed E-state index contributed by atoms with van der Waals surface area (Å²) in [5, 5.41) is 21.0. The van der Waals surface area contributed by atoms with Crippen LogP contribution in [0.25, 0.3) is 10.9 Å². The Morgan fingerprint density at radius 3 is 2.84 bits per heavy atom. The predicted octanol–water partition coefficient (Wildman–Crippen LogP) is 1.11. The number of H-pyrrole nitrogens is 1. The number of fused-ring (bicyclic) bond motifs is 1. The number of aryl methyl sites for hydroxylation is 1. The highest BCUT2D eigenvalue weighted by Gasteiger charge is 2.02. The third-order valence-electron chi connectivity index (χ3n) is 2.86. The van der Waals surface area contributed by atoms with E-state index >= 15 is 0 Å². The van der Waals surface area contributed by atoms with E-state index < -0.39 is 0 Å². The van der Waals surface area contributed by atoms with E-state index in [1.165, 1.54) is 10.9 Å². The number of guanidine groups is 2. The van der Waals surface area contributed by atoms with E-state index in [1.807, 2.05) is 18.3 Å². The number of para-hydroxylation sites is 1. The quantitative estimate of drug-likeness (QED) is 0.280. The summed E-state index contributed by atoms with van der Waals surface area (Å²) < 4.78 is 0. The van der Waals surface area contributed by atoms with Crippen LogP contribution in [0.15, 0.2) is 30.5 Å². The van der Waals surface area contributed by atoms with E-state index in [0.717, 1.165) is 18.4 Å². The van der Waals surface area contributed by atoms with Crippen LogP contribution in [-0.2, 0) is 6.42 Å². The lowest BCUT2D eigenvalue weighted by atomic mass is 10.1. The first-order valence-electron chi connectivity index (χ1n) is 6.15. The number of hydrogen-bond donors (Lipinski definition) is 6. The van der Waals surface area contributed by atoms with Crippen molar-refractivity contribution in [2.24, 2.45) is 5.73 Å². The van der Waals surface area contributed by atoms with E-state index in [2.05, 4.69) is 27.8 Å². The summed E-state index contributed by atoms with van der Waals surface area (Å²) in [6, 6.07) is 8.21. The van der Waals surface area contributed by atoms with Gasteiger partial charge in [0.2, 0.25) is 0 Å². The summed E-state index contributed by atoms with van der Waals surface area (Å²) in [4.78, 5) is 3.24. The SMILES string of the molecule is N=C(N)NC(=N)NCCCc1c[nH]c2ccccc12. The molecule has 1 heterocycles. The van der Waals surface area contributed by atoms with E-state index in [4.69, 9.17) is 16.6 Å². The lowest BCUT2D eigenvalue weighted by Gasteiger charge is -2.08. The third-order valence-corrected chi connectivity index (χ3v) is 2.86. The minimum atomic E-state index is -0.228. The van der Waals surface area contributed by atoms with Gasteiger partial charge in [0.1, 0.15) is 0 Å². The molecular weight excluding hydrogens is 240 g/mol. The van der Waals surface area contributed by atoms with Crippen LogP contribution >= 0.6 is 0 Å². The maximum absolute atomic E-state index is 7.45. The zero-order valence-corrected chi connectivity index (χ0v) is 10.6. The number of nitrogens with two attached hydrogens (primary N) is 1. The van der Waals surface area contributed by atoms with Crippen molar-refractivity contribution in [3.63, 3.8) is 0 Å². The summed E-state index contributed by atoms with van der Waals surface area (Å²) in [7, 11) is 0. The van der Waals surface area contributed by atoms with Crippen molar-refractivity contribution in [3.8, 4) is 0 Å². The molecule has 1 aromatic carbocycles. The van der Waals surface area contributed by atoms with Crippen molar-refractivity contribution in [3.05, 3.63) is 36.0 Å². The van der Waals surface area contributed by atoms with Crippen LogP contribution in [0.1, 0.15) is 12.0 Å². The first kappa shape index (κ1) is 12.9. The summed E-state index contributed by atoms with van der Waals surface area (Å²) in [6.07, 6.45) is 3.87. The number of benzene rings is 1. The number of nitrogens with one attached hydrogen (secondary N) is 5. The lowest BCUT2D eigenvalue weighted by molar-refractivity contribution is 0.763. The van der Waals surface area contributed by atoms with Gasteiger partial charge in [-0.15, -0.1) is 0 Å². The molecule has 0 saturated carbocycles. The molecule has 0 bridgehead atoms. The Hall–Kier alpha value is -2.50. The summed E-state index contributed by atoms with van der Waals surface area (Å²) in [5.74, 6) is -0.166. The molecule has 19 heavy (non-hydrogen) atoms. The summed E-state index contributed by atoms with van der Waals surface area (Å²) >= 11 is 0. The lowest BCUT2D eigenvalue weighted by Crippen LogP contribution is -2.43. The van der Waals surface area contributed by atoms with Crippen LogP contribution < -0.4 is 16.4 Å². The van der Waals surface area contributed by atoms with E-state index in [-0.39, 0.29) is 11.9 Å². The van der Waals surface area contributed by atoms with Gasteiger partial charge in [0.25, 0.3) is 0 Å². The normalized spacial score (nSPS) is 10.3. The highest BCUT2D eigenvalue weighted by Crippen LogP contribution is 2.18. The molecule has 0 radical (unpaired) electrons. The van der Waals surface area contributed by atoms with Gasteiger partial charge >= 0.3 is 0 Å². The average molecular weight is 258 g/mol. The minimum Gasteiger partial charge on any atom is -0.370 e. The monoisotopic (exact) mass is 258 g/mol. The molecule has 0 unspecified atom stereocenters. The molecule has 0 aliphatic rings. The summed E-state index contributed by atoms with van der Waals surface area (Å²) in [6.45, 7) is 0.665. The van der Waals surface area contributed by atoms with Gasteiger partial charge in [0.15, 0.2) is 11.9 Å². The van der Waals surface area contributed by atoms with Crippen LogP contribution in [0.4, 0.5) is 0 Å². The second kappa shape index (κ2) is 5.90. The van der Waals surface area contributed by atoms with Crippen LogP contribution in [0.5, 0.6) is 0 Å². The van der Waals surface area contributed by atoms with Gasteiger partial charge in [-0.1, -0.05) is 18.2 Å². The molecule has 7 N–H and O–H groups in total. The number of aromatic amines is 1. The molecule has 0 atom stereocenters. The predicted molar refractivity (Wildman–Crippen MR) is 77.4 cm³/mol. The minimum absolute atomic E-state index is 0.0615.